The zero-order chi connectivity index (χ0) is 13.0. The number of carbonyl (C=O) groups is 1. The average molecular weight is 255 g/mol. The molecule has 2 unspecified atom stereocenters. The largest absolute Gasteiger partial charge is 0.383 e. The molecule has 5 nitrogen and oxygen atoms in total. The van der Waals surface area contributed by atoms with Crippen molar-refractivity contribution in [1.82, 2.24) is 15.5 Å². The summed E-state index contributed by atoms with van der Waals surface area (Å²) in [5, 5.41) is 6.26. The van der Waals surface area contributed by atoms with E-state index in [-0.39, 0.29) is 11.9 Å². The highest BCUT2D eigenvalue weighted by atomic mass is 16.5. The number of methoxy groups -OCH3 is 1. The maximum absolute atomic E-state index is 11.7. The van der Waals surface area contributed by atoms with Gasteiger partial charge in [-0.1, -0.05) is 0 Å². The predicted octanol–water partition coefficient (Wildman–Crippen LogP) is -0.0362. The minimum Gasteiger partial charge on any atom is -0.383 e. The number of hydrogen-bond donors (Lipinski definition) is 2. The molecule has 1 saturated heterocycles. The number of ether oxygens (including phenoxy) is 1. The fourth-order valence-corrected chi connectivity index (χ4v) is 2.58. The summed E-state index contributed by atoms with van der Waals surface area (Å²) in [5.74, 6) is 0.0596. The smallest absolute Gasteiger partial charge is 0.234 e. The van der Waals surface area contributed by atoms with Crippen LogP contribution >= 0.6 is 0 Å². The lowest BCUT2D eigenvalue weighted by atomic mass is 10.2. The van der Waals surface area contributed by atoms with Gasteiger partial charge in [-0.3, -0.25) is 9.69 Å². The fourth-order valence-electron chi connectivity index (χ4n) is 2.58. The standard InChI is InChI=1S/C13H25N3O2/c1-10(9-18-2)15-13(17)7-14-11-5-6-16(8-11)12-3-4-12/h10-12,14H,3-9H2,1-2H3,(H,15,17). The SMILES string of the molecule is COCC(C)NC(=O)CNC1CCN(C2CC2)C1. The molecule has 1 heterocycles. The Kier molecular flexibility index (Phi) is 4.97. The Morgan fingerprint density at radius 1 is 1.44 bits per heavy atom. The molecule has 5 heteroatoms. The molecule has 2 aliphatic rings. The Balaban J connectivity index is 1.58. The topological polar surface area (TPSA) is 53.6 Å². The third-order valence-corrected chi connectivity index (χ3v) is 3.66. The van der Waals surface area contributed by atoms with Gasteiger partial charge in [0.15, 0.2) is 0 Å². The molecule has 0 radical (unpaired) electrons. The van der Waals surface area contributed by atoms with Gasteiger partial charge >= 0.3 is 0 Å². The monoisotopic (exact) mass is 255 g/mol. The van der Waals surface area contributed by atoms with Crippen molar-refractivity contribution in [2.75, 3.05) is 33.4 Å². The first kappa shape index (κ1) is 13.8. The van der Waals surface area contributed by atoms with Crippen molar-refractivity contribution in [2.45, 2.75) is 44.3 Å². The van der Waals surface area contributed by atoms with Crippen LogP contribution < -0.4 is 10.6 Å². The molecule has 0 spiro atoms. The predicted molar refractivity (Wildman–Crippen MR) is 70.5 cm³/mol. The van der Waals surface area contributed by atoms with Crippen LogP contribution in [-0.4, -0.2) is 62.3 Å². The van der Waals surface area contributed by atoms with Crippen LogP contribution in [0, 0.1) is 0 Å². The van der Waals surface area contributed by atoms with Gasteiger partial charge in [0.25, 0.3) is 0 Å². The second-order valence-corrected chi connectivity index (χ2v) is 5.52. The lowest BCUT2D eigenvalue weighted by Crippen LogP contribution is -2.44. The molecule has 18 heavy (non-hydrogen) atoms. The van der Waals surface area contributed by atoms with E-state index in [1.54, 1.807) is 7.11 Å². The van der Waals surface area contributed by atoms with Gasteiger partial charge < -0.3 is 15.4 Å². The molecule has 0 aromatic heterocycles. The molecule has 2 atom stereocenters. The molecule has 0 aromatic carbocycles. The Bertz CT molecular complexity index is 281. The molecule has 2 N–H and O–H groups in total. The fraction of sp³-hybridized carbons (Fsp3) is 0.923. The first-order chi connectivity index (χ1) is 8.69. The van der Waals surface area contributed by atoms with Crippen molar-refractivity contribution in [3.63, 3.8) is 0 Å². The van der Waals surface area contributed by atoms with Crippen LogP contribution in [-0.2, 0) is 9.53 Å². The summed E-state index contributed by atoms with van der Waals surface area (Å²) >= 11 is 0. The maximum Gasteiger partial charge on any atom is 0.234 e. The van der Waals surface area contributed by atoms with Crippen LogP contribution in [0.5, 0.6) is 0 Å². The van der Waals surface area contributed by atoms with Gasteiger partial charge in [0, 0.05) is 38.3 Å². The van der Waals surface area contributed by atoms with Crippen molar-refractivity contribution in [1.29, 1.82) is 0 Å². The maximum atomic E-state index is 11.7. The van der Waals surface area contributed by atoms with Gasteiger partial charge in [-0.05, 0) is 26.2 Å². The van der Waals surface area contributed by atoms with Crippen molar-refractivity contribution in [3.05, 3.63) is 0 Å². The lowest BCUT2D eigenvalue weighted by Gasteiger charge is -2.17. The molecule has 1 aliphatic carbocycles. The molecule has 1 aliphatic heterocycles. The number of amides is 1. The van der Waals surface area contributed by atoms with Crippen molar-refractivity contribution in [3.8, 4) is 0 Å². The van der Waals surface area contributed by atoms with Gasteiger partial charge in [-0.15, -0.1) is 0 Å². The van der Waals surface area contributed by atoms with Gasteiger partial charge in [0.05, 0.1) is 13.2 Å². The molecule has 1 amide bonds. The van der Waals surface area contributed by atoms with Gasteiger partial charge in [0.1, 0.15) is 0 Å². The second kappa shape index (κ2) is 6.50. The quantitative estimate of drug-likeness (QED) is 0.670. The van der Waals surface area contributed by atoms with E-state index in [1.807, 2.05) is 6.92 Å². The Hall–Kier alpha value is -0.650. The number of nitrogens with zero attached hydrogens (tertiary/aromatic N) is 1. The molecule has 104 valence electrons. The normalized spacial score (nSPS) is 26.2. The number of hydrogen-bond acceptors (Lipinski definition) is 4. The van der Waals surface area contributed by atoms with E-state index < -0.39 is 0 Å². The van der Waals surface area contributed by atoms with E-state index >= 15 is 0 Å². The number of likely N-dealkylation sites (tertiary alicyclic amines) is 1. The summed E-state index contributed by atoms with van der Waals surface area (Å²) in [4.78, 5) is 14.2. The van der Waals surface area contributed by atoms with Crippen LogP contribution in [0.3, 0.4) is 0 Å². The van der Waals surface area contributed by atoms with E-state index in [2.05, 4.69) is 15.5 Å². The van der Waals surface area contributed by atoms with Crippen LogP contribution in [0.4, 0.5) is 0 Å². The minimum absolute atomic E-state index is 0.0596. The first-order valence-electron chi connectivity index (χ1n) is 6.94. The summed E-state index contributed by atoms with van der Waals surface area (Å²) in [7, 11) is 1.64. The van der Waals surface area contributed by atoms with E-state index in [9.17, 15) is 4.79 Å². The highest BCUT2D eigenvalue weighted by molar-refractivity contribution is 5.78. The van der Waals surface area contributed by atoms with Crippen LogP contribution in [0.2, 0.25) is 0 Å². The Labute approximate surface area is 109 Å². The summed E-state index contributed by atoms with van der Waals surface area (Å²) in [6.07, 6.45) is 3.89. The zero-order valence-corrected chi connectivity index (χ0v) is 11.4. The molecule has 2 rings (SSSR count). The first-order valence-corrected chi connectivity index (χ1v) is 6.94. The molecule has 2 fully saturated rings. The highest BCUT2D eigenvalue weighted by Crippen LogP contribution is 2.29. The number of rotatable bonds is 7. The average Bonchev–Trinajstić information content (AvgIpc) is 3.06. The van der Waals surface area contributed by atoms with Crippen molar-refractivity contribution in [2.24, 2.45) is 0 Å². The summed E-state index contributed by atoms with van der Waals surface area (Å²) in [6.45, 7) is 5.21. The summed E-state index contributed by atoms with van der Waals surface area (Å²) in [6, 6.07) is 1.40. The number of nitrogens with one attached hydrogen (secondary N) is 2. The third-order valence-electron chi connectivity index (χ3n) is 3.66. The lowest BCUT2D eigenvalue weighted by molar-refractivity contribution is -0.121. The third kappa shape index (κ3) is 4.23. The van der Waals surface area contributed by atoms with E-state index in [4.69, 9.17) is 4.74 Å². The summed E-state index contributed by atoms with van der Waals surface area (Å²) < 4.78 is 4.99. The van der Waals surface area contributed by atoms with Crippen LogP contribution in [0.1, 0.15) is 26.2 Å². The molecule has 0 aromatic rings. The van der Waals surface area contributed by atoms with Crippen LogP contribution in [0.25, 0.3) is 0 Å². The Morgan fingerprint density at radius 2 is 2.22 bits per heavy atom. The van der Waals surface area contributed by atoms with Crippen molar-refractivity contribution < 1.29 is 9.53 Å². The molecular formula is C13H25N3O2. The molecular weight excluding hydrogens is 230 g/mol. The highest BCUT2D eigenvalue weighted by Gasteiger charge is 2.34. The van der Waals surface area contributed by atoms with Crippen LogP contribution in [0.15, 0.2) is 0 Å². The zero-order valence-electron chi connectivity index (χ0n) is 11.4. The van der Waals surface area contributed by atoms with E-state index in [0.717, 1.165) is 19.0 Å². The molecule has 1 saturated carbocycles. The summed E-state index contributed by atoms with van der Waals surface area (Å²) in [5.41, 5.74) is 0. The minimum atomic E-state index is 0.0596. The molecule has 0 bridgehead atoms. The Morgan fingerprint density at radius 3 is 2.89 bits per heavy atom. The second-order valence-electron chi connectivity index (χ2n) is 5.52. The van der Waals surface area contributed by atoms with Gasteiger partial charge in [0.2, 0.25) is 5.91 Å². The van der Waals surface area contributed by atoms with Gasteiger partial charge in [-0.2, -0.15) is 0 Å². The van der Waals surface area contributed by atoms with Crippen molar-refractivity contribution >= 4 is 5.91 Å². The van der Waals surface area contributed by atoms with Gasteiger partial charge in [-0.25, -0.2) is 0 Å². The van der Waals surface area contributed by atoms with E-state index in [1.165, 1.54) is 19.4 Å². The number of carbonyl (C=O) groups excluding carboxylic acids is 1. The van der Waals surface area contributed by atoms with E-state index in [0.29, 0.717) is 19.2 Å².